The number of anilines is 1. The third-order valence-electron chi connectivity index (χ3n) is 2.74. The number of carbonyl (C=O) groups is 1. The van der Waals surface area contributed by atoms with Gasteiger partial charge in [0, 0.05) is 18.6 Å². The molecular formula is C14H12Cl2N2O2. The fourth-order valence-corrected chi connectivity index (χ4v) is 2.22. The molecule has 1 heterocycles. The number of pyridine rings is 1. The van der Waals surface area contributed by atoms with Gasteiger partial charge in [0.2, 0.25) is 0 Å². The van der Waals surface area contributed by atoms with Crippen molar-refractivity contribution in [2.75, 3.05) is 11.9 Å². The van der Waals surface area contributed by atoms with Gasteiger partial charge >= 0.3 is 5.97 Å². The molecule has 4 nitrogen and oxygen atoms in total. The Kier molecular flexibility index (Phi) is 4.47. The minimum absolute atomic E-state index is 0.110. The van der Waals surface area contributed by atoms with Crippen LogP contribution >= 0.6 is 23.2 Å². The quantitative estimate of drug-likeness (QED) is 0.874. The molecule has 0 saturated heterocycles. The number of aromatic nitrogens is 1. The normalized spacial score (nSPS) is 10.3. The van der Waals surface area contributed by atoms with E-state index >= 15 is 0 Å². The Morgan fingerprint density at radius 2 is 2.05 bits per heavy atom. The van der Waals surface area contributed by atoms with Crippen LogP contribution < -0.4 is 4.90 Å². The highest BCUT2D eigenvalue weighted by atomic mass is 35.5. The zero-order valence-electron chi connectivity index (χ0n) is 10.7. The van der Waals surface area contributed by atoms with Gasteiger partial charge in [-0.2, -0.15) is 0 Å². The van der Waals surface area contributed by atoms with E-state index in [-0.39, 0.29) is 10.7 Å². The van der Waals surface area contributed by atoms with Crippen LogP contribution in [-0.2, 0) is 6.54 Å². The van der Waals surface area contributed by atoms with Crippen LogP contribution in [0, 0.1) is 0 Å². The predicted molar refractivity (Wildman–Crippen MR) is 79.8 cm³/mol. The molecule has 1 aromatic heterocycles. The Morgan fingerprint density at radius 1 is 1.30 bits per heavy atom. The van der Waals surface area contributed by atoms with Crippen LogP contribution in [0.15, 0.2) is 36.4 Å². The first kappa shape index (κ1) is 14.6. The fraction of sp³-hybridized carbons (Fsp3) is 0.143. The third kappa shape index (κ3) is 3.40. The monoisotopic (exact) mass is 310 g/mol. The zero-order chi connectivity index (χ0) is 14.7. The van der Waals surface area contributed by atoms with Crippen LogP contribution in [0.1, 0.15) is 15.9 Å². The number of halogens is 2. The topological polar surface area (TPSA) is 53.4 Å². The van der Waals surface area contributed by atoms with Crippen molar-refractivity contribution in [2.45, 2.75) is 6.54 Å². The highest BCUT2D eigenvalue weighted by molar-refractivity contribution is 6.30. The molecule has 0 unspecified atom stereocenters. The van der Waals surface area contributed by atoms with Crippen LogP contribution in [0.2, 0.25) is 10.2 Å². The number of carboxylic acid groups (broad SMARTS) is 1. The van der Waals surface area contributed by atoms with Crippen molar-refractivity contribution >= 4 is 35.0 Å². The maximum absolute atomic E-state index is 11.2. The minimum Gasteiger partial charge on any atom is -0.478 e. The lowest BCUT2D eigenvalue weighted by Gasteiger charge is -2.20. The first-order valence-corrected chi connectivity index (χ1v) is 6.58. The number of rotatable bonds is 4. The summed E-state index contributed by atoms with van der Waals surface area (Å²) in [4.78, 5) is 17.0. The number of aromatic carboxylic acids is 1. The Morgan fingerprint density at radius 3 is 2.70 bits per heavy atom. The van der Waals surface area contributed by atoms with Gasteiger partial charge < -0.3 is 10.0 Å². The molecule has 0 bridgehead atoms. The third-order valence-corrected chi connectivity index (χ3v) is 3.19. The standard InChI is InChI=1S/C14H12Cl2N2O2/c1-18(8-9-3-2-4-10(15)7-9)13-11(14(19)20)5-6-12(16)17-13/h2-7H,8H2,1H3,(H,19,20). The highest BCUT2D eigenvalue weighted by Gasteiger charge is 2.16. The molecule has 6 heteroatoms. The Bertz CT molecular complexity index is 647. The summed E-state index contributed by atoms with van der Waals surface area (Å²) in [5.41, 5.74) is 1.07. The van der Waals surface area contributed by atoms with E-state index in [1.807, 2.05) is 18.2 Å². The molecule has 1 aromatic carbocycles. The SMILES string of the molecule is CN(Cc1cccc(Cl)c1)c1nc(Cl)ccc1C(=O)O. The molecular weight excluding hydrogens is 299 g/mol. The number of benzene rings is 1. The van der Waals surface area contributed by atoms with Gasteiger partial charge in [0.05, 0.1) is 0 Å². The molecule has 2 rings (SSSR count). The minimum atomic E-state index is -1.04. The van der Waals surface area contributed by atoms with Gasteiger partial charge in [0.1, 0.15) is 16.5 Å². The average molecular weight is 311 g/mol. The number of nitrogens with zero attached hydrogens (tertiary/aromatic N) is 2. The van der Waals surface area contributed by atoms with Gasteiger partial charge in [-0.25, -0.2) is 9.78 Å². The largest absolute Gasteiger partial charge is 0.478 e. The van der Waals surface area contributed by atoms with E-state index < -0.39 is 5.97 Å². The molecule has 104 valence electrons. The Balaban J connectivity index is 2.31. The van der Waals surface area contributed by atoms with E-state index in [0.717, 1.165) is 5.56 Å². The van der Waals surface area contributed by atoms with E-state index in [1.54, 1.807) is 18.0 Å². The van der Waals surface area contributed by atoms with Gasteiger partial charge in [-0.05, 0) is 29.8 Å². The smallest absolute Gasteiger partial charge is 0.339 e. The molecule has 0 spiro atoms. The van der Waals surface area contributed by atoms with E-state index in [0.29, 0.717) is 17.4 Å². The number of hydrogen-bond acceptors (Lipinski definition) is 3. The fourth-order valence-electron chi connectivity index (χ4n) is 1.87. The maximum atomic E-state index is 11.2. The van der Waals surface area contributed by atoms with E-state index in [4.69, 9.17) is 23.2 Å². The summed E-state index contributed by atoms with van der Waals surface area (Å²) in [7, 11) is 1.76. The second kappa shape index (κ2) is 6.11. The lowest BCUT2D eigenvalue weighted by molar-refractivity contribution is 0.0697. The summed E-state index contributed by atoms with van der Waals surface area (Å²) < 4.78 is 0. The van der Waals surface area contributed by atoms with E-state index in [9.17, 15) is 9.90 Å². The lowest BCUT2D eigenvalue weighted by atomic mass is 10.2. The Labute approximate surface area is 126 Å². The van der Waals surface area contributed by atoms with E-state index in [2.05, 4.69) is 4.98 Å². The van der Waals surface area contributed by atoms with Crippen LogP contribution in [0.3, 0.4) is 0 Å². The first-order valence-electron chi connectivity index (χ1n) is 5.83. The van der Waals surface area contributed by atoms with Gasteiger partial charge in [-0.3, -0.25) is 0 Å². The van der Waals surface area contributed by atoms with Crippen molar-refractivity contribution in [1.82, 2.24) is 4.98 Å². The van der Waals surface area contributed by atoms with Gasteiger partial charge in [-0.15, -0.1) is 0 Å². The molecule has 0 aliphatic heterocycles. The summed E-state index contributed by atoms with van der Waals surface area (Å²) in [6.45, 7) is 0.480. The van der Waals surface area contributed by atoms with Crippen molar-refractivity contribution in [3.63, 3.8) is 0 Å². The summed E-state index contributed by atoms with van der Waals surface area (Å²) >= 11 is 11.8. The van der Waals surface area contributed by atoms with Crippen molar-refractivity contribution in [2.24, 2.45) is 0 Å². The van der Waals surface area contributed by atoms with Crippen LogP contribution in [-0.4, -0.2) is 23.1 Å². The molecule has 0 radical (unpaired) electrons. The van der Waals surface area contributed by atoms with E-state index in [1.165, 1.54) is 12.1 Å². The maximum Gasteiger partial charge on any atom is 0.339 e. The molecule has 0 saturated carbocycles. The van der Waals surface area contributed by atoms with Gasteiger partial charge in [-0.1, -0.05) is 35.3 Å². The molecule has 0 amide bonds. The van der Waals surface area contributed by atoms with Crippen molar-refractivity contribution in [1.29, 1.82) is 0 Å². The molecule has 0 atom stereocenters. The van der Waals surface area contributed by atoms with Gasteiger partial charge in [0.15, 0.2) is 0 Å². The number of hydrogen-bond donors (Lipinski definition) is 1. The van der Waals surface area contributed by atoms with Crippen LogP contribution in [0.5, 0.6) is 0 Å². The summed E-state index contributed by atoms with van der Waals surface area (Å²) in [5, 5.41) is 10.1. The van der Waals surface area contributed by atoms with Gasteiger partial charge in [0.25, 0.3) is 0 Å². The zero-order valence-corrected chi connectivity index (χ0v) is 12.2. The molecule has 0 aliphatic rings. The number of carboxylic acids is 1. The van der Waals surface area contributed by atoms with Crippen molar-refractivity contribution in [3.8, 4) is 0 Å². The van der Waals surface area contributed by atoms with Crippen molar-refractivity contribution in [3.05, 3.63) is 57.7 Å². The highest BCUT2D eigenvalue weighted by Crippen LogP contribution is 2.22. The summed E-state index contributed by atoms with van der Waals surface area (Å²) in [6, 6.07) is 10.3. The van der Waals surface area contributed by atoms with Crippen LogP contribution in [0.25, 0.3) is 0 Å². The van der Waals surface area contributed by atoms with Crippen molar-refractivity contribution < 1.29 is 9.90 Å². The lowest BCUT2D eigenvalue weighted by Crippen LogP contribution is -2.21. The average Bonchev–Trinajstić information content (AvgIpc) is 2.38. The molecule has 0 fully saturated rings. The molecule has 2 aromatic rings. The molecule has 1 N–H and O–H groups in total. The summed E-state index contributed by atoms with van der Waals surface area (Å²) in [6.07, 6.45) is 0. The predicted octanol–water partition coefficient (Wildman–Crippen LogP) is 3.72. The molecule has 0 aliphatic carbocycles. The summed E-state index contributed by atoms with van der Waals surface area (Å²) in [5.74, 6) is -0.716. The second-order valence-electron chi connectivity index (χ2n) is 4.30. The first-order chi connectivity index (χ1) is 9.47. The Hall–Kier alpha value is -1.78. The second-order valence-corrected chi connectivity index (χ2v) is 5.12. The van der Waals surface area contributed by atoms with Crippen LogP contribution in [0.4, 0.5) is 5.82 Å². The molecule has 20 heavy (non-hydrogen) atoms.